The molecule has 134 valence electrons. The fourth-order valence-corrected chi connectivity index (χ4v) is 6.39. The van der Waals surface area contributed by atoms with Crippen molar-refractivity contribution in [3.05, 3.63) is 22.7 Å². The lowest BCUT2D eigenvalue weighted by atomic mass is 10.1. The van der Waals surface area contributed by atoms with Crippen molar-refractivity contribution in [2.24, 2.45) is 0 Å². The van der Waals surface area contributed by atoms with Crippen LogP contribution in [-0.4, -0.2) is 44.0 Å². The zero-order valence-electron chi connectivity index (χ0n) is 13.5. The molecule has 4 rings (SSSR count). The second-order valence-electron chi connectivity index (χ2n) is 6.74. The predicted octanol–water partition coefficient (Wildman–Crippen LogP) is 2.60. The molecule has 0 radical (unpaired) electrons. The third-order valence-corrected chi connectivity index (χ3v) is 7.35. The summed E-state index contributed by atoms with van der Waals surface area (Å²) < 4.78 is 33.9. The van der Waals surface area contributed by atoms with E-state index in [9.17, 15) is 8.42 Å². The number of hydrogen-bond acceptors (Lipinski definition) is 4. The van der Waals surface area contributed by atoms with Crippen LogP contribution in [0, 0.1) is 0 Å². The van der Waals surface area contributed by atoms with Crippen molar-refractivity contribution in [1.82, 2.24) is 9.62 Å². The van der Waals surface area contributed by atoms with Crippen molar-refractivity contribution in [2.75, 3.05) is 13.1 Å². The van der Waals surface area contributed by atoms with E-state index in [1.54, 1.807) is 16.4 Å². The zero-order chi connectivity index (χ0) is 16.2. The Morgan fingerprint density at radius 2 is 2.00 bits per heavy atom. The van der Waals surface area contributed by atoms with Crippen LogP contribution in [0.5, 0.6) is 5.75 Å². The molecule has 2 saturated heterocycles. The first kappa shape index (κ1) is 18.3. The molecule has 0 saturated carbocycles. The molecule has 0 aliphatic carbocycles. The molecular weight excluding hydrogens is 371 g/mol. The van der Waals surface area contributed by atoms with Gasteiger partial charge in [-0.2, -0.15) is 4.31 Å². The average Bonchev–Trinajstić information content (AvgIpc) is 2.97. The second-order valence-corrected chi connectivity index (χ2v) is 8.99. The van der Waals surface area contributed by atoms with Crippen molar-refractivity contribution < 1.29 is 13.2 Å². The second kappa shape index (κ2) is 6.65. The molecule has 1 aromatic rings. The normalized spacial score (nSPS) is 29.5. The van der Waals surface area contributed by atoms with Crippen LogP contribution in [0.3, 0.4) is 0 Å². The van der Waals surface area contributed by atoms with Crippen molar-refractivity contribution >= 4 is 34.0 Å². The van der Waals surface area contributed by atoms with Gasteiger partial charge in [0.25, 0.3) is 0 Å². The van der Waals surface area contributed by atoms with Gasteiger partial charge < -0.3 is 10.1 Å². The van der Waals surface area contributed by atoms with Crippen molar-refractivity contribution in [3.8, 4) is 5.75 Å². The highest BCUT2D eigenvalue weighted by Crippen LogP contribution is 2.40. The molecule has 8 heteroatoms. The molecule has 2 bridgehead atoms. The Kier molecular flexibility index (Phi) is 5.06. The first-order chi connectivity index (χ1) is 11.0. The quantitative estimate of drug-likeness (QED) is 0.839. The minimum absolute atomic E-state index is 0. The van der Waals surface area contributed by atoms with Gasteiger partial charge in [-0.3, -0.25) is 0 Å². The number of ether oxygens (including phenoxy) is 1. The molecule has 3 aliphatic rings. The monoisotopic (exact) mass is 392 g/mol. The van der Waals surface area contributed by atoms with E-state index in [1.807, 2.05) is 6.92 Å². The highest BCUT2D eigenvalue weighted by molar-refractivity contribution is 7.89. The molecule has 3 unspecified atom stereocenters. The number of benzene rings is 1. The third-order valence-electron chi connectivity index (χ3n) is 5.08. The fraction of sp³-hybridized carbons (Fsp3) is 0.625. The Morgan fingerprint density at radius 3 is 2.79 bits per heavy atom. The van der Waals surface area contributed by atoms with E-state index in [-0.39, 0.29) is 30.6 Å². The number of fused-ring (bicyclic) bond motifs is 3. The number of nitrogens with zero attached hydrogens (tertiary/aromatic N) is 1. The number of hydrogen-bond donors (Lipinski definition) is 1. The minimum atomic E-state index is -3.53. The molecule has 24 heavy (non-hydrogen) atoms. The van der Waals surface area contributed by atoms with Gasteiger partial charge in [0.2, 0.25) is 10.0 Å². The van der Waals surface area contributed by atoms with E-state index >= 15 is 0 Å². The van der Waals surface area contributed by atoms with Crippen LogP contribution in [-0.2, 0) is 16.4 Å². The highest BCUT2D eigenvalue weighted by atomic mass is 35.5. The van der Waals surface area contributed by atoms with Crippen molar-refractivity contribution in [1.29, 1.82) is 0 Å². The smallest absolute Gasteiger partial charge is 0.243 e. The van der Waals surface area contributed by atoms with Gasteiger partial charge in [0, 0.05) is 30.6 Å². The summed E-state index contributed by atoms with van der Waals surface area (Å²) in [7, 11) is -3.53. The summed E-state index contributed by atoms with van der Waals surface area (Å²) in [5.41, 5.74) is 0.892. The maximum atomic E-state index is 13.2. The Labute approximate surface area is 154 Å². The van der Waals surface area contributed by atoms with E-state index < -0.39 is 10.0 Å². The van der Waals surface area contributed by atoms with Crippen LogP contribution >= 0.6 is 24.0 Å². The van der Waals surface area contributed by atoms with E-state index in [1.165, 1.54) is 0 Å². The summed E-state index contributed by atoms with van der Waals surface area (Å²) in [6.07, 6.45) is 3.49. The van der Waals surface area contributed by atoms with E-state index in [4.69, 9.17) is 16.3 Å². The maximum Gasteiger partial charge on any atom is 0.243 e. The summed E-state index contributed by atoms with van der Waals surface area (Å²) in [6, 6.07) is 3.44. The van der Waals surface area contributed by atoms with Gasteiger partial charge in [-0.15, -0.1) is 12.4 Å². The largest absolute Gasteiger partial charge is 0.489 e. The highest BCUT2D eigenvalue weighted by Gasteiger charge is 2.43. The van der Waals surface area contributed by atoms with E-state index in [2.05, 4.69) is 5.32 Å². The summed E-state index contributed by atoms with van der Waals surface area (Å²) >= 11 is 6.29. The lowest BCUT2D eigenvalue weighted by Gasteiger charge is -2.27. The van der Waals surface area contributed by atoms with Crippen LogP contribution in [0.15, 0.2) is 17.0 Å². The van der Waals surface area contributed by atoms with Crippen LogP contribution in [0.2, 0.25) is 5.02 Å². The fourth-order valence-electron chi connectivity index (χ4n) is 4.06. The minimum Gasteiger partial charge on any atom is -0.489 e. The molecule has 0 aromatic heterocycles. The third kappa shape index (κ3) is 2.92. The van der Waals surface area contributed by atoms with Gasteiger partial charge in [0.05, 0.1) is 9.92 Å². The number of halogens is 2. The maximum absolute atomic E-state index is 13.2. The SMILES string of the molecule is CC1Cc2cc(S(=O)(=O)N3C4CCNCC3CC4)cc(Cl)c2O1.Cl. The summed E-state index contributed by atoms with van der Waals surface area (Å²) in [5, 5.41) is 3.73. The Bertz CT molecular complexity index is 727. The van der Waals surface area contributed by atoms with Crippen LogP contribution in [0.1, 0.15) is 31.7 Å². The van der Waals surface area contributed by atoms with Gasteiger partial charge in [-0.25, -0.2) is 8.42 Å². The first-order valence-corrected chi connectivity index (χ1v) is 10.0. The lowest BCUT2D eigenvalue weighted by Crippen LogP contribution is -2.42. The van der Waals surface area contributed by atoms with E-state index in [0.29, 0.717) is 22.1 Å². The number of rotatable bonds is 2. The van der Waals surface area contributed by atoms with Crippen molar-refractivity contribution in [3.63, 3.8) is 0 Å². The Hall–Kier alpha value is -0.530. The summed E-state index contributed by atoms with van der Waals surface area (Å²) in [4.78, 5) is 0.303. The lowest BCUT2D eigenvalue weighted by molar-refractivity contribution is 0.255. The summed E-state index contributed by atoms with van der Waals surface area (Å²) in [5.74, 6) is 0.638. The van der Waals surface area contributed by atoms with Crippen molar-refractivity contribution in [2.45, 2.75) is 55.7 Å². The summed E-state index contributed by atoms with van der Waals surface area (Å²) in [6.45, 7) is 3.57. The molecule has 0 spiro atoms. The van der Waals surface area contributed by atoms with Gasteiger partial charge >= 0.3 is 0 Å². The number of nitrogens with one attached hydrogen (secondary N) is 1. The van der Waals surface area contributed by atoms with Gasteiger partial charge in [0.1, 0.15) is 11.9 Å². The van der Waals surface area contributed by atoms with Crippen LogP contribution in [0.25, 0.3) is 0 Å². The zero-order valence-corrected chi connectivity index (χ0v) is 15.9. The molecule has 1 N–H and O–H groups in total. The molecule has 0 amide bonds. The molecule has 5 nitrogen and oxygen atoms in total. The first-order valence-electron chi connectivity index (χ1n) is 8.20. The van der Waals surface area contributed by atoms with Gasteiger partial charge in [-0.05, 0) is 44.9 Å². The topological polar surface area (TPSA) is 58.6 Å². The number of sulfonamides is 1. The molecule has 3 atom stereocenters. The Balaban J connectivity index is 0.00000169. The van der Waals surface area contributed by atoms with Crippen LogP contribution in [0.4, 0.5) is 0 Å². The molecular formula is C16H22Cl2N2O3S. The van der Waals surface area contributed by atoms with Gasteiger partial charge in [-0.1, -0.05) is 11.6 Å². The standard InChI is InChI=1S/C16H21ClN2O3S.ClH/c1-10-6-11-7-14(8-15(17)16(11)22-10)23(20,21)19-12-2-3-13(19)9-18-5-4-12;/h7-8,10,12-13,18H,2-6,9H2,1H3;1H. The molecule has 3 aliphatic heterocycles. The molecule has 3 heterocycles. The average molecular weight is 393 g/mol. The molecule has 1 aromatic carbocycles. The van der Waals surface area contributed by atoms with E-state index in [0.717, 1.165) is 37.9 Å². The predicted molar refractivity (Wildman–Crippen MR) is 95.8 cm³/mol. The Morgan fingerprint density at radius 1 is 1.25 bits per heavy atom. The molecule has 2 fully saturated rings. The van der Waals surface area contributed by atoms with Gasteiger partial charge in [0.15, 0.2) is 0 Å². The van der Waals surface area contributed by atoms with Crippen LogP contribution < -0.4 is 10.1 Å².